The van der Waals surface area contributed by atoms with E-state index < -0.39 is 5.97 Å². The van der Waals surface area contributed by atoms with Crippen molar-refractivity contribution in [3.05, 3.63) is 11.6 Å². The Labute approximate surface area is 85.6 Å². The Morgan fingerprint density at radius 3 is 2.79 bits per heavy atom. The average molecular weight is 217 g/mol. The number of aliphatic carboxylic acids is 1. The highest BCUT2D eigenvalue weighted by Gasteiger charge is 2.23. The molecule has 0 radical (unpaired) electrons. The summed E-state index contributed by atoms with van der Waals surface area (Å²) in [5.74, 6) is -1.35. The van der Waals surface area contributed by atoms with Crippen molar-refractivity contribution in [2.24, 2.45) is 5.10 Å². The van der Waals surface area contributed by atoms with Gasteiger partial charge in [-0.2, -0.15) is 5.10 Å². The molecule has 0 aromatic rings. The molecule has 0 atom stereocenters. The number of hydrogen-bond donors (Lipinski definition) is 1. The monoisotopic (exact) mass is 216 g/mol. The summed E-state index contributed by atoms with van der Waals surface area (Å²) in [6, 6.07) is 0. The van der Waals surface area contributed by atoms with Gasteiger partial charge in [-0.3, -0.25) is 4.79 Å². The quantitative estimate of drug-likeness (QED) is 0.759. The van der Waals surface area contributed by atoms with Crippen LogP contribution in [0.25, 0.3) is 0 Å². The van der Waals surface area contributed by atoms with E-state index in [4.69, 9.17) is 16.7 Å². The summed E-state index contributed by atoms with van der Waals surface area (Å²) >= 11 is 5.50. The maximum Gasteiger partial charge on any atom is 0.352 e. The third-order valence-corrected chi connectivity index (χ3v) is 1.79. The van der Waals surface area contributed by atoms with Crippen LogP contribution in [0.1, 0.15) is 12.8 Å². The molecule has 0 aromatic heterocycles. The summed E-state index contributed by atoms with van der Waals surface area (Å²) in [5.41, 5.74) is -0.0254. The van der Waals surface area contributed by atoms with Crippen molar-refractivity contribution in [3.8, 4) is 0 Å². The van der Waals surface area contributed by atoms with Crippen LogP contribution in [-0.2, 0) is 9.59 Å². The molecule has 0 fully saturated rings. The predicted octanol–water partition coefficient (Wildman–Crippen LogP) is 0.802. The Hall–Kier alpha value is -1.36. The van der Waals surface area contributed by atoms with Crippen LogP contribution in [-0.4, -0.2) is 34.2 Å². The van der Waals surface area contributed by atoms with Gasteiger partial charge in [-0.05, 0) is 0 Å². The molecule has 1 heterocycles. The number of hydrazone groups is 1. The highest BCUT2D eigenvalue weighted by atomic mass is 35.5. The minimum absolute atomic E-state index is 0.0254. The number of carbonyl (C=O) groups is 2. The standard InChI is InChI=1S/C8H9ClN2O3/c1-5(9)4-11-7(12)3-2-6(10-11)8(13)14/h1-4H2,(H,13,14). The van der Waals surface area contributed by atoms with Gasteiger partial charge in [0.05, 0.1) is 6.54 Å². The van der Waals surface area contributed by atoms with E-state index in [0.717, 1.165) is 5.01 Å². The molecule has 0 bridgehead atoms. The Morgan fingerprint density at radius 1 is 1.64 bits per heavy atom. The van der Waals surface area contributed by atoms with Crippen molar-refractivity contribution in [2.45, 2.75) is 12.8 Å². The third kappa shape index (κ3) is 2.56. The molecule has 0 aromatic carbocycles. The predicted molar refractivity (Wildman–Crippen MR) is 51.0 cm³/mol. The summed E-state index contributed by atoms with van der Waals surface area (Å²) < 4.78 is 0. The number of halogens is 1. The molecule has 1 amide bonds. The molecule has 1 aliphatic rings. The lowest BCUT2D eigenvalue weighted by Gasteiger charge is -2.21. The molecule has 1 rings (SSSR count). The first kappa shape index (κ1) is 10.7. The zero-order valence-electron chi connectivity index (χ0n) is 7.36. The first-order chi connectivity index (χ1) is 6.50. The summed E-state index contributed by atoms with van der Waals surface area (Å²) in [7, 11) is 0. The Bertz CT molecular complexity index is 325. The van der Waals surface area contributed by atoms with Crippen molar-refractivity contribution < 1.29 is 14.7 Å². The SMILES string of the molecule is C=C(Cl)CN1N=C(C(=O)O)CCC1=O. The molecule has 0 spiro atoms. The van der Waals surface area contributed by atoms with Crippen molar-refractivity contribution in [2.75, 3.05) is 6.54 Å². The first-order valence-corrected chi connectivity index (χ1v) is 4.33. The average Bonchev–Trinajstić information content (AvgIpc) is 2.07. The van der Waals surface area contributed by atoms with Gasteiger partial charge < -0.3 is 5.11 Å². The second-order valence-corrected chi connectivity index (χ2v) is 3.36. The van der Waals surface area contributed by atoms with Crippen LogP contribution in [0.15, 0.2) is 16.7 Å². The molecule has 5 nitrogen and oxygen atoms in total. The zero-order chi connectivity index (χ0) is 10.7. The van der Waals surface area contributed by atoms with Crippen LogP contribution >= 0.6 is 11.6 Å². The van der Waals surface area contributed by atoms with E-state index in [-0.39, 0.29) is 36.0 Å². The van der Waals surface area contributed by atoms with Crippen molar-refractivity contribution >= 4 is 29.2 Å². The van der Waals surface area contributed by atoms with Gasteiger partial charge in [-0.15, -0.1) is 0 Å². The Morgan fingerprint density at radius 2 is 2.29 bits per heavy atom. The van der Waals surface area contributed by atoms with Crippen LogP contribution < -0.4 is 0 Å². The Kier molecular flexibility index (Phi) is 3.24. The van der Waals surface area contributed by atoms with Crippen LogP contribution in [0.2, 0.25) is 0 Å². The van der Waals surface area contributed by atoms with E-state index in [1.54, 1.807) is 0 Å². The molecule has 1 N–H and O–H groups in total. The van der Waals surface area contributed by atoms with Crippen molar-refractivity contribution in [1.82, 2.24) is 5.01 Å². The highest BCUT2D eigenvalue weighted by Crippen LogP contribution is 2.12. The van der Waals surface area contributed by atoms with Gasteiger partial charge in [0.25, 0.3) is 0 Å². The lowest BCUT2D eigenvalue weighted by atomic mass is 10.2. The van der Waals surface area contributed by atoms with Gasteiger partial charge in [0.15, 0.2) is 0 Å². The van der Waals surface area contributed by atoms with E-state index in [1.807, 2.05) is 0 Å². The van der Waals surface area contributed by atoms with Gasteiger partial charge in [-0.25, -0.2) is 9.80 Å². The Balaban J connectivity index is 2.80. The van der Waals surface area contributed by atoms with Crippen LogP contribution in [0.5, 0.6) is 0 Å². The van der Waals surface area contributed by atoms with Crippen molar-refractivity contribution in [1.29, 1.82) is 0 Å². The smallest absolute Gasteiger partial charge is 0.352 e. The number of carboxylic acids is 1. The fourth-order valence-corrected chi connectivity index (χ4v) is 1.15. The molecular formula is C8H9ClN2O3. The van der Waals surface area contributed by atoms with Gasteiger partial charge in [-0.1, -0.05) is 18.2 Å². The maximum absolute atomic E-state index is 11.2. The highest BCUT2D eigenvalue weighted by molar-refractivity contribution is 6.36. The molecule has 0 saturated heterocycles. The number of nitrogens with zero attached hydrogens (tertiary/aromatic N) is 2. The first-order valence-electron chi connectivity index (χ1n) is 3.95. The van der Waals surface area contributed by atoms with Crippen LogP contribution in [0.3, 0.4) is 0 Å². The van der Waals surface area contributed by atoms with E-state index in [0.29, 0.717) is 0 Å². The van der Waals surface area contributed by atoms with Gasteiger partial charge in [0, 0.05) is 17.9 Å². The molecule has 0 unspecified atom stereocenters. The molecular weight excluding hydrogens is 208 g/mol. The molecule has 0 aliphatic carbocycles. The fraction of sp³-hybridized carbons (Fsp3) is 0.375. The molecule has 76 valence electrons. The third-order valence-electron chi connectivity index (χ3n) is 1.67. The number of carboxylic acid groups (broad SMARTS) is 1. The summed E-state index contributed by atoms with van der Waals surface area (Å²) in [4.78, 5) is 21.8. The summed E-state index contributed by atoms with van der Waals surface area (Å²) in [5, 5.41) is 13.6. The minimum Gasteiger partial charge on any atom is -0.477 e. The molecule has 0 saturated carbocycles. The van der Waals surface area contributed by atoms with E-state index >= 15 is 0 Å². The lowest BCUT2D eigenvalue weighted by molar-refractivity contribution is -0.132. The topological polar surface area (TPSA) is 70.0 Å². The van der Waals surface area contributed by atoms with Crippen LogP contribution in [0.4, 0.5) is 0 Å². The zero-order valence-corrected chi connectivity index (χ0v) is 8.12. The van der Waals surface area contributed by atoms with Gasteiger partial charge in [0.2, 0.25) is 5.91 Å². The largest absolute Gasteiger partial charge is 0.477 e. The number of hydrogen-bond acceptors (Lipinski definition) is 3. The second kappa shape index (κ2) is 4.23. The number of carbonyl (C=O) groups excluding carboxylic acids is 1. The van der Waals surface area contributed by atoms with E-state index in [9.17, 15) is 9.59 Å². The molecule has 1 aliphatic heterocycles. The molecule has 6 heteroatoms. The fourth-order valence-electron chi connectivity index (χ4n) is 1.04. The van der Waals surface area contributed by atoms with E-state index in [2.05, 4.69) is 11.7 Å². The summed E-state index contributed by atoms with van der Waals surface area (Å²) in [6.45, 7) is 3.46. The van der Waals surface area contributed by atoms with Gasteiger partial charge in [0.1, 0.15) is 5.71 Å². The second-order valence-electron chi connectivity index (χ2n) is 2.82. The van der Waals surface area contributed by atoms with E-state index in [1.165, 1.54) is 0 Å². The number of rotatable bonds is 3. The normalized spacial score (nSPS) is 16.5. The van der Waals surface area contributed by atoms with Crippen LogP contribution in [0, 0.1) is 0 Å². The lowest BCUT2D eigenvalue weighted by Crippen LogP contribution is -2.34. The summed E-state index contributed by atoms with van der Waals surface area (Å²) in [6.07, 6.45) is 0.314. The number of amides is 1. The molecule has 14 heavy (non-hydrogen) atoms. The van der Waals surface area contributed by atoms with Crippen molar-refractivity contribution in [3.63, 3.8) is 0 Å². The minimum atomic E-state index is -1.11. The maximum atomic E-state index is 11.2. The van der Waals surface area contributed by atoms with Gasteiger partial charge >= 0.3 is 5.97 Å².